The number of fused-ring (bicyclic) bond motifs is 2. The maximum absolute atomic E-state index is 5.27. The predicted molar refractivity (Wildman–Crippen MR) is 111 cm³/mol. The number of hydrogen-bond acceptors (Lipinski definition) is 4. The monoisotopic (exact) mass is 380 g/mol. The number of nitrogens with zero attached hydrogens (tertiary/aromatic N) is 4. The maximum Gasteiger partial charge on any atom is 0.181 e. The Labute approximate surface area is 165 Å². The fourth-order valence-electron chi connectivity index (χ4n) is 3.79. The van der Waals surface area contributed by atoms with E-state index in [1.54, 1.807) is 17.2 Å². The van der Waals surface area contributed by atoms with Gasteiger partial charge >= 0.3 is 0 Å². The molecule has 140 valence electrons. The topological polar surface area (TPSA) is 88.3 Å². The molecule has 0 atom stereocenters. The van der Waals surface area contributed by atoms with E-state index < -0.39 is 0 Å². The van der Waals surface area contributed by atoms with Crippen molar-refractivity contribution >= 4 is 21.9 Å². The Morgan fingerprint density at radius 3 is 2.79 bits per heavy atom. The second-order valence-corrected chi connectivity index (χ2v) is 7.06. The summed E-state index contributed by atoms with van der Waals surface area (Å²) < 4.78 is 7.05. The number of nitrogens with one attached hydrogen (secondary N) is 2. The Bertz CT molecular complexity index is 1470. The van der Waals surface area contributed by atoms with Crippen molar-refractivity contribution in [3.63, 3.8) is 0 Å². The number of aromatic amines is 2. The van der Waals surface area contributed by atoms with Gasteiger partial charge in [0.1, 0.15) is 0 Å². The third kappa shape index (κ3) is 2.48. The molecular formula is C22H16N6O. The second-order valence-electron chi connectivity index (χ2n) is 7.06. The smallest absolute Gasteiger partial charge is 0.181 e. The van der Waals surface area contributed by atoms with Gasteiger partial charge in [0, 0.05) is 52.4 Å². The first-order valence-corrected chi connectivity index (χ1v) is 9.24. The van der Waals surface area contributed by atoms with Gasteiger partial charge in [-0.3, -0.25) is 9.78 Å². The molecule has 0 saturated carbocycles. The molecule has 6 aromatic rings. The molecule has 1 aromatic carbocycles. The van der Waals surface area contributed by atoms with Crippen molar-refractivity contribution in [1.82, 2.24) is 29.9 Å². The Morgan fingerprint density at radius 1 is 1.00 bits per heavy atom. The minimum atomic E-state index is 0.682. The molecule has 2 N–H and O–H groups in total. The molecule has 0 bridgehead atoms. The van der Waals surface area contributed by atoms with Crippen molar-refractivity contribution in [2.24, 2.45) is 7.05 Å². The van der Waals surface area contributed by atoms with Gasteiger partial charge in [0.25, 0.3) is 0 Å². The zero-order valence-corrected chi connectivity index (χ0v) is 15.5. The Morgan fingerprint density at radius 2 is 1.97 bits per heavy atom. The molecule has 7 heteroatoms. The highest BCUT2D eigenvalue weighted by atomic mass is 16.3. The van der Waals surface area contributed by atoms with Crippen molar-refractivity contribution in [3.8, 4) is 33.6 Å². The molecule has 0 radical (unpaired) electrons. The molecule has 7 nitrogen and oxygen atoms in total. The van der Waals surface area contributed by atoms with Gasteiger partial charge in [-0.05, 0) is 29.8 Å². The van der Waals surface area contributed by atoms with Crippen LogP contribution in [0.15, 0.2) is 71.9 Å². The average molecular weight is 380 g/mol. The van der Waals surface area contributed by atoms with Gasteiger partial charge in [-0.15, -0.1) is 0 Å². The number of H-pyrrole nitrogens is 2. The van der Waals surface area contributed by atoms with Gasteiger partial charge < -0.3 is 9.40 Å². The van der Waals surface area contributed by atoms with Crippen LogP contribution in [0.3, 0.4) is 0 Å². The summed E-state index contributed by atoms with van der Waals surface area (Å²) in [6, 6.07) is 12.4. The zero-order chi connectivity index (χ0) is 19.4. The van der Waals surface area contributed by atoms with Crippen LogP contribution in [0.2, 0.25) is 0 Å². The summed E-state index contributed by atoms with van der Waals surface area (Å²) in [4.78, 5) is 8.03. The number of rotatable bonds is 3. The Hall–Kier alpha value is -4.13. The molecule has 5 heterocycles. The highest BCUT2D eigenvalue weighted by Gasteiger charge is 2.15. The lowest BCUT2D eigenvalue weighted by atomic mass is 10.0. The average Bonchev–Trinajstić information content (AvgIpc) is 3.51. The number of aromatic nitrogens is 6. The van der Waals surface area contributed by atoms with E-state index in [0.29, 0.717) is 5.65 Å². The first-order valence-electron chi connectivity index (χ1n) is 9.24. The van der Waals surface area contributed by atoms with E-state index >= 15 is 0 Å². The molecular weight excluding hydrogens is 364 g/mol. The van der Waals surface area contributed by atoms with Crippen molar-refractivity contribution < 1.29 is 4.42 Å². The molecule has 0 unspecified atom stereocenters. The summed E-state index contributed by atoms with van der Waals surface area (Å²) in [5.74, 6) is 0. The summed E-state index contributed by atoms with van der Waals surface area (Å²) in [6.45, 7) is 0. The standard InChI is InChI=1S/C22H16N6O/c1-28-11-15(10-24-28)14-7-18-21(26-27-22(18)23-9-14)20-8-17-16(13-5-6-29-12-13)3-2-4-19(17)25-20/h2-12,25H,1H3,(H,23,26,27). The summed E-state index contributed by atoms with van der Waals surface area (Å²) >= 11 is 0. The van der Waals surface area contributed by atoms with E-state index in [1.165, 1.54) is 0 Å². The van der Waals surface area contributed by atoms with E-state index in [-0.39, 0.29) is 0 Å². The van der Waals surface area contributed by atoms with Crippen LogP contribution in [0.25, 0.3) is 55.6 Å². The van der Waals surface area contributed by atoms with Crippen LogP contribution in [-0.4, -0.2) is 29.9 Å². The third-order valence-electron chi connectivity index (χ3n) is 5.21. The van der Waals surface area contributed by atoms with Crippen LogP contribution >= 0.6 is 0 Å². The summed E-state index contributed by atoms with van der Waals surface area (Å²) in [6.07, 6.45) is 9.09. The number of hydrogen-bond donors (Lipinski definition) is 2. The summed E-state index contributed by atoms with van der Waals surface area (Å²) in [5, 5.41) is 13.9. The van der Waals surface area contributed by atoms with Crippen LogP contribution < -0.4 is 0 Å². The van der Waals surface area contributed by atoms with E-state index in [0.717, 1.165) is 49.9 Å². The van der Waals surface area contributed by atoms with Gasteiger partial charge in [-0.2, -0.15) is 10.2 Å². The molecule has 0 fully saturated rings. The van der Waals surface area contributed by atoms with Gasteiger partial charge in [0.2, 0.25) is 0 Å². The first-order chi connectivity index (χ1) is 14.3. The van der Waals surface area contributed by atoms with Crippen LogP contribution in [0.4, 0.5) is 0 Å². The molecule has 0 amide bonds. The largest absolute Gasteiger partial charge is 0.472 e. The number of benzene rings is 1. The molecule has 0 aliphatic carbocycles. The van der Waals surface area contributed by atoms with Crippen LogP contribution in [0.5, 0.6) is 0 Å². The first kappa shape index (κ1) is 15.9. The quantitative estimate of drug-likeness (QED) is 0.463. The highest BCUT2D eigenvalue weighted by molar-refractivity contribution is 6.01. The number of pyridine rings is 1. The number of furan rings is 1. The lowest BCUT2D eigenvalue weighted by Crippen LogP contribution is -1.84. The van der Waals surface area contributed by atoms with Crippen LogP contribution in [0.1, 0.15) is 0 Å². The van der Waals surface area contributed by atoms with Crippen LogP contribution in [-0.2, 0) is 7.05 Å². The molecule has 0 saturated heterocycles. The molecule has 0 aliphatic rings. The van der Waals surface area contributed by atoms with Crippen molar-refractivity contribution in [1.29, 1.82) is 0 Å². The normalized spacial score (nSPS) is 11.6. The number of aryl methyl sites for hydroxylation is 1. The minimum Gasteiger partial charge on any atom is -0.472 e. The predicted octanol–water partition coefficient (Wildman–Crippen LogP) is 4.77. The zero-order valence-electron chi connectivity index (χ0n) is 15.5. The fourth-order valence-corrected chi connectivity index (χ4v) is 3.79. The third-order valence-corrected chi connectivity index (χ3v) is 5.21. The Balaban J connectivity index is 1.53. The van der Waals surface area contributed by atoms with E-state index in [4.69, 9.17) is 4.42 Å². The maximum atomic E-state index is 5.27. The lowest BCUT2D eigenvalue weighted by molar-refractivity contribution is 0.568. The van der Waals surface area contributed by atoms with E-state index in [9.17, 15) is 0 Å². The molecule has 5 aromatic heterocycles. The van der Waals surface area contributed by atoms with Crippen molar-refractivity contribution in [2.45, 2.75) is 0 Å². The molecule has 0 aliphatic heterocycles. The van der Waals surface area contributed by atoms with Crippen molar-refractivity contribution in [2.75, 3.05) is 0 Å². The molecule has 0 spiro atoms. The van der Waals surface area contributed by atoms with E-state index in [2.05, 4.69) is 49.5 Å². The van der Waals surface area contributed by atoms with Crippen LogP contribution in [0, 0.1) is 0 Å². The van der Waals surface area contributed by atoms with Gasteiger partial charge in [-0.1, -0.05) is 12.1 Å². The molecule has 6 rings (SSSR count). The summed E-state index contributed by atoms with van der Waals surface area (Å²) in [5.41, 5.74) is 7.81. The highest BCUT2D eigenvalue weighted by Crippen LogP contribution is 2.34. The summed E-state index contributed by atoms with van der Waals surface area (Å²) in [7, 11) is 1.90. The molecule has 29 heavy (non-hydrogen) atoms. The Kier molecular flexibility index (Phi) is 3.25. The van der Waals surface area contributed by atoms with E-state index in [1.807, 2.05) is 37.8 Å². The lowest BCUT2D eigenvalue weighted by Gasteiger charge is -1.98. The van der Waals surface area contributed by atoms with Crippen molar-refractivity contribution in [3.05, 3.63) is 67.5 Å². The minimum absolute atomic E-state index is 0.682. The second kappa shape index (κ2) is 5.93. The van der Waals surface area contributed by atoms with Gasteiger partial charge in [-0.25, -0.2) is 4.98 Å². The van der Waals surface area contributed by atoms with Gasteiger partial charge in [0.05, 0.1) is 30.1 Å². The fraction of sp³-hybridized carbons (Fsp3) is 0.0455. The van der Waals surface area contributed by atoms with Gasteiger partial charge in [0.15, 0.2) is 5.65 Å². The SMILES string of the molecule is Cn1cc(-c2cnc3n[nH]c(-c4cc5c(-c6ccoc6)cccc5[nH]4)c3c2)cn1.